The Kier molecular flexibility index (Phi) is 11.8. The van der Waals surface area contributed by atoms with Crippen molar-refractivity contribution in [2.45, 2.75) is 40.8 Å². The molecule has 0 aliphatic carbocycles. The lowest BCUT2D eigenvalue weighted by Gasteiger charge is -2.19. The molecule has 2 heterocycles. The summed E-state index contributed by atoms with van der Waals surface area (Å²) >= 11 is 0. The summed E-state index contributed by atoms with van der Waals surface area (Å²) in [5.74, 6) is 0. The summed E-state index contributed by atoms with van der Waals surface area (Å²) in [5, 5.41) is 4.34. The van der Waals surface area contributed by atoms with E-state index in [2.05, 4.69) is 230 Å². The summed E-state index contributed by atoms with van der Waals surface area (Å²) in [4.78, 5) is 4.22. The van der Waals surface area contributed by atoms with Crippen molar-refractivity contribution >= 4 is 49.3 Å². The zero-order valence-corrected chi connectivity index (χ0v) is 44.3. The van der Waals surface area contributed by atoms with Crippen LogP contribution in [0.4, 0.5) is 18.9 Å². The molecule has 380 valence electrons. The normalized spacial score (nSPS) is 11.8. The predicted molar refractivity (Wildman–Crippen MR) is 323 cm³/mol. The van der Waals surface area contributed by atoms with Crippen LogP contribution in [0.1, 0.15) is 33.4 Å². The Morgan fingerprint density at radius 3 is 1.10 bits per heavy atom. The molecule has 0 aliphatic rings. The maximum atomic E-state index is 14.2. The Labute approximate surface area is 457 Å². The van der Waals surface area contributed by atoms with Crippen LogP contribution in [0.25, 0.3) is 127 Å². The molecule has 0 aliphatic heterocycles. The van der Waals surface area contributed by atoms with E-state index < -0.39 is 11.7 Å². The number of fused-ring (bicyclic) bond motifs is 6. The quantitative estimate of drug-likeness (QED) is 0.135. The Bertz CT molecular complexity index is 4470. The van der Waals surface area contributed by atoms with Crippen LogP contribution in [0.5, 0.6) is 0 Å². The van der Waals surface area contributed by atoms with Crippen LogP contribution in [0, 0.1) is 41.2 Å². The lowest BCUT2D eigenvalue weighted by molar-refractivity contribution is -0.137. The van der Waals surface area contributed by atoms with Crippen molar-refractivity contribution in [3.8, 4) is 78.1 Å². The van der Waals surface area contributed by atoms with Crippen molar-refractivity contribution in [3.05, 3.63) is 269 Å². The molecule has 3 nitrogen and oxygen atoms in total. The highest BCUT2D eigenvalue weighted by atomic mass is 19.4. The molecule has 0 N–H and O–H groups in total. The molecule has 0 amide bonds. The lowest BCUT2D eigenvalue weighted by Crippen LogP contribution is -2.05. The fourth-order valence-corrected chi connectivity index (χ4v) is 12.1. The smallest absolute Gasteiger partial charge is 0.309 e. The van der Waals surface area contributed by atoms with Gasteiger partial charge in [0.1, 0.15) is 0 Å². The van der Waals surface area contributed by atoms with Crippen molar-refractivity contribution in [1.82, 2.24) is 9.13 Å². The third-order valence-electron chi connectivity index (χ3n) is 16.1. The summed E-state index contributed by atoms with van der Waals surface area (Å²) in [7, 11) is 0. The summed E-state index contributed by atoms with van der Waals surface area (Å²) in [6.45, 7) is 19.1. The van der Waals surface area contributed by atoms with Crippen molar-refractivity contribution in [2.75, 3.05) is 0 Å². The minimum Gasteiger partial charge on any atom is -0.309 e. The molecule has 13 aromatic rings. The topological polar surface area (TPSA) is 14.2 Å². The number of aromatic nitrogens is 2. The van der Waals surface area contributed by atoms with Crippen molar-refractivity contribution in [2.24, 2.45) is 0 Å². The van der Waals surface area contributed by atoms with E-state index in [1.165, 1.54) is 39.4 Å². The van der Waals surface area contributed by atoms with Gasteiger partial charge in [-0.05, 0) is 214 Å². The monoisotopic (exact) mass is 1030 g/mol. The van der Waals surface area contributed by atoms with Gasteiger partial charge in [0, 0.05) is 27.2 Å². The maximum absolute atomic E-state index is 14.2. The SMILES string of the molecule is [C-]#[N+]c1ccc(-n2c3ccc(-c4ccccc4C)cc3c3cc(-c4ccccc4C)ccc32)cc1-c1cc(-c2ccc(C(F)(F)F)cc2C)ccc1-n1c2ccc(-c3ccccc3C)cc2c2cc(-c3ccccc3C)ccc21. The molecule has 0 unspecified atom stereocenters. The molecule has 79 heavy (non-hydrogen) atoms. The van der Waals surface area contributed by atoms with Crippen molar-refractivity contribution < 1.29 is 13.2 Å². The highest BCUT2D eigenvalue weighted by Gasteiger charge is 2.31. The van der Waals surface area contributed by atoms with E-state index in [9.17, 15) is 13.2 Å². The molecule has 0 saturated carbocycles. The molecule has 11 aromatic carbocycles. The summed E-state index contributed by atoms with van der Waals surface area (Å²) in [6, 6.07) is 76.7. The molecule has 6 heteroatoms. The Balaban J connectivity index is 1.09. The summed E-state index contributed by atoms with van der Waals surface area (Å²) in [5.41, 5.74) is 22.6. The fraction of sp³-hybridized carbons (Fsp3) is 0.0822. The molecule has 0 atom stereocenters. The van der Waals surface area contributed by atoms with Gasteiger partial charge in [0.05, 0.1) is 39.9 Å². The number of benzene rings is 11. The number of hydrogen-bond donors (Lipinski definition) is 0. The van der Waals surface area contributed by atoms with Gasteiger partial charge < -0.3 is 9.13 Å². The fourth-order valence-electron chi connectivity index (χ4n) is 12.1. The van der Waals surface area contributed by atoms with Crippen LogP contribution in [0.2, 0.25) is 0 Å². The van der Waals surface area contributed by atoms with E-state index in [1.807, 2.05) is 18.2 Å². The minimum absolute atomic E-state index is 0.445. The van der Waals surface area contributed by atoms with E-state index in [-0.39, 0.29) is 0 Å². The lowest BCUT2D eigenvalue weighted by atomic mass is 9.93. The van der Waals surface area contributed by atoms with E-state index in [4.69, 9.17) is 6.57 Å². The number of rotatable bonds is 8. The number of nitrogens with zero attached hydrogens (tertiary/aromatic N) is 3. The van der Waals surface area contributed by atoms with Gasteiger partial charge in [-0.3, -0.25) is 0 Å². The first-order chi connectivity index (χ1) is 38.3. The van der Waals surface area contributed by atoms with Gasteiger partial charge in [0.2, 0.25) is 0 Å². The Morgan fingerprint density at radius 2 is 0.709 bits per heavy atom. The second-order valence-corrected chi connectivity index (χ2v) is 20.9. The third kappa shape index (κ3) is 8.38. The van der Waals surface area contributed by atoms with Crippen LogP contribution in [0.15, 0.2) is 224 Å². The summed E-state index contributed by atoms with van der Waals surface area (Å²) in [6.07, 6.45) is -4.49. The van der Waals surface area contributed by atoms with Gasteiger partial charge in [0.15, 0.2) is 5.69 Å². The number of aryl methyl sites for hydroxylation is 5. The van der Waals surface area contributed by atoms with Crippen LogP contribution in [-0.4, -0.2) is 9.13 Å². The zero-order valence-electron chi connectivity index (χ0n) is 44.3. The van der Waals surface area contributed by atoms with Crippen LogP contribution in [0.3, 0.4) is 0 Å². The van der Waals surface area contributed by atoms with Gasteiger partial charge in [-0.2, -0.15) is 13.2 Å². The van der Waals surface area contributed by atoms with Gasteiger partial charge in [0.25, 0.3) is 0 Å². The van der Waals surface area contributed by atoms with Crippen LogP contribution < -0.4 is 0 Å². The van der Waals surface area contributed by atoms with Gasteiger partial charge in [-0.25, -0.2) is 4.85 Å². The van der Waals surface area contributed by atoms with Crippen LogP contribution >= 0.6 is 0 Å². The standard InChI is InChI=1S/C73H52F3N3/c1-44-15-7-11-19-56(44)49-23-32-68-63(39-49)64-40-50(57-20-12-8-16-45(57)2)24-33-69(64)78(68)55-29-31-67(77-6)61(43-55)62-38-53(60-30-28-54(37-48(60)5)73(74,75)76)27-34-70(62)79-71-35-25-51(58-21-13-9-17-46(58)3)41-65(71)66-42-52(26-36-72(66)79)59-22-14-10-18-47(59)4/h7-43H,1-5H3. The number of hydrogen-bond acceptors (Lipinski definition) is 0. The molecule has 0 radical (unpaired) electrons. The summed E-state index contributed by atoms with van der Waals surface area (Å²) < 4.78 is 47.1. The van der Waals surface area contributed by atoms with E-state index >= 15 is 0 Å². The predicted octanol–water partition coefficient (Wildman–Crippen LogP) is 21.0. The zero-order chi connectivity index (χ0) is 54.3. The molecule has 0 fully saturated rings. The molecule has 0 saturated heterocycles. The molecule has 0 spiro atoms. The van der Waals surface area contributed by atoms with Gasteiger partial charge >= 0.3 is 6.18 Å². The highest BCUT2D eigenvalue weighted by Crippen LogP contribution is 2.46. The maximum Gasteiger partial charge on any atom is 0.416 e. The molecular weight excluding hydrogens is 976 g/mol. The molecule has 13 rings (SSSR count). The first kappa shape index (κ1) is 48.9. The first-order valence-electron chi connectivity index (χ1n) is 26.6. The van der Waals surface area contributed by atoms with Crippen LogP contribution in [-0.2, 0) is 6.18 Å². The number of halogens is 3. The highest BCUT2D eigenvalue weighted by molar-refractivity contribution is 6.14. The molecule has 0 bridgehead atoms. The second kappa shape index (κ2) is 19.1. The average molecular weight is 1030 g/mol. The van der Waals surface area contributed by atoms with Gasteiger partial charge in [-0.1, -0.05) is 140 Å². The largest absolute Gasteiger partial charge is 0.416 e. The minimum atomic E-state index is -4.49. The Hall–Kier alpha value is -9.70. The van der Waals surface area contributed by atoms with Crippen molar-refractivity contribution in [1.29, 1.82) is 0 Å². The molecular formula is C73H52F3N3. The number of alkyl halides is 3. The van der Waals surface area contributed by atoms with E-state index in [0.29, 0.717) is 22.4 Å². The van der Waals surface area contributed by atoms with Crippen molar-refractivity contribution in [3.63, 3.8) is 0 Å². The average Bonchev–Trinajstić information content (AvgIpc) is 4.21. The third-order valence-corrected chi connectivity index (χ3v) is 16.1. The molecule has 2 aromatic heterocycles. The second-order valence-electron chi connectivity index (χ2n) is 20.9. The van der Waals surface area contributed by atoms with E-state index in [0.717, 1.165) is 106 Å². The van der Waals surface area contributed by atoms with Gasteiger partial charge in [-0.15, -0.1) is 0 Å². The Morgan fingerprint density at radius 1 is 0.329 bits per heavy atom. The van der Waals surface area contributed by atoms with E-state index in [1.54, 1.807) is 13.0 Å². The first-order valence-corrected chi connectivity index (χ1v) is 26.6.